The Morgan fingerprint density at radius 1 is 1.78 bits per heavy atom. The molecule has 0 fully saturated rings. The molecule has 0 aliphatic carbocycles. The summed E-state index contributed by atoms with van der Waals surface area (Å²) in [5.41, 5.74) is 6.04. The van der Waals surface area contributed by atoms with Crippen LogP contribution < -0.4 is 5.73 Å². The van der Waals surface area contributed by atoms with Gasteiger partial charge in [-0.05, 0) is 11.6 Å². The van der Waals surface area contributed by atoms with Gasteiger partial charge in [-0.15, -0.1) is 0 Å². The molecule has 1 atom stereocenters. The molecule has 0 bridgehead atoms. The molecule has 0 saturated heterocycles. The predicted octanol–water partition coefficient (Wildman–Crippen LogP) is 0.00680. The maximum Gasteiger partial charge on any atom is 0.0926 e. The van der Waals surface area contributed by atoms with Gasteiger partial charge in [-0.3, -0.25) is 0 Å². The molecule has 3 heteroatoms. The van der Waals surface area contributed by atoms with Gasteiger partial charge in [-0.1, -0.05) is 0 Å². The normalized spacial score (nSPS) is 13.6. The van der Waals surface area contributed by atoms with Crippen LogP contribution in [-0.2, 0) is 0 Å². The summed E-state index contributed by atoms with van der Waals surface area (Å²) in [6.45, 7) is 0.276. The van der Waals surface area contributed by atoms with E-state index in [-0.39, 0.29) is 6.54 Å². The standard InChI is InChI=1S/C6H10N2O/c7-3-6(9)5-1-2-8-4-5/h1-2,4,6,8-9H,3,7H2/t6-/m0/s1. The van der Waals surface area contributed by atoms with E-state index in [1.54, 1.807) is 18.5 Å². The predicted molar refractivity (Wildman–Crippen MR) is 34.8 cm³/mol. The number of aromatic amines is 1. The SMILES string of the molecule is NC[C@H](O)c1cc[nH]c1. The number of aliphatic hydroxyl groups is 1. The van der Waals surface area contributed by atoms with Gasteiger partial charge in [0, 0.05) is 18.9 Å². The van der Waals surface area contributed by atoms with E-state index in [2.05, 4.69) is 4.98 Å². The van der Waals surface area contributed by atoms with Crippen molar-refractivity contribution in [1.29, 1.82) is 0 Å². The Kier molecular flexibility index (Phi) is 1.87. The van der Waals surface area contributed by atoms with Crippen LogP contribution in [0.5, 0.6) is 0 Å². The summed E-state index contributed by atoms with van der Waals surface area (Å²) in [6, 6.07) is 1.80. The second-order valence-electron chi connectivity index (χ2n) is 1.90. The van der Waals surface area contributed by atoms with Crippen molar-refractivity contribution in [3.8, 4) is 0 Å². The van der Waals surface area contributed by atoms with Gasteiger partial charge < -0.3 is 15.8 Å². The van der Waals surface area contributed by atoms with Crippen LogP contribution in [0.25, 0.3) is 0 Å². The average Bonchev–Trinajstić information content (AvgIpc) is 2.37. The van der Waals surface area contributed by atoms with Crippen LogP contribution in [0.2, 0.25) is 0 Å². The lowest BCUT2D eigenvalue weighted by Gasteiger charge is -2.01. The molecule has 0 unspecified atom stereocenters. The van der Waals surface area contributed by atoms with Crippen LogP contribution in [0.1, 0.15) is 11.7 Å². The van der Waals surface area contributed by atoms with Crippen LogP contribution in [0.3, 0.4) is 0 Å². The number of aromatic nitrogens is 1. The van der Waals surface area contributed by atoms with Gasteiger partial charge in [0.1, 0.15) is 0 Å². The molecule has 3 nitrogen and oxygen atoms in total. The summed E-state index contributed by atoms with van der Waals surface area (Å²) >= 11 is 0. The van der Waals surface area contributed by atoms with Gasteiger partial charge >= 0.3 is 0 Å². The van der Waals surface area contributed by atoms with Crippen molar-refractivity contribution in [1.82, 2.24) is 4.98 Å². The Morgan fingerprint density at radius 3 is 3.00 bits per heavy atom. The molecule has 4 N–H and O–H groups in total. The fourth-order valence-electron chi connectivity index (χ4n) is 0.680. The molecule has 50 valence electrons. The maximum atomic E-state index is 9.07. The maximum absolute atomic E-state index is 9.07. The summed E-state index contributed by atoms with van der Waals surface area (Å²) in [5, 5.41) is 9.07. The summed E-state index contributed by atoms with van der Waals surface area (Å²) < 4.78 is 0. The van der Waals surface area contributed by atoms with Gasteiger partial charge in [0.15, 0.2) is 0 Å². The van der Waals surface area contributed by atoms with Crippen molar-refractivity contribution in [2.24, 2.45) is 5.73 Å². The fraction of sp³-hybridized carbons (Fsp3) is 0.333. The zero-order valence-electron chi connectivity index (χ0n) is 5.04. The van der Waals surface area contributed by atoms with E-state index in [9.17, 15) is 0 Å². The highest BCUT2D eigenvalue weighted by atomic mass is 16.3. The first kappa shape index (κ1) is 6.32. The zero-order valence-corrected chi connectivity index (χ0v) is 5.04. The monoisotopic (exact) mass is 126 g/mol. The minimum absolute atomic E-state index is 0.276. The molecule has 0 saturated carbocycles. The van der Waals surface area contributed by atoms with Gasteiger partial charge in [0.2, 0.25) is 0 Å². The third kappa shape index (κ3) is 1.31. The van der Waals surface area contributed by atoms with E-state index >= 15 is 0 Å². The number of hydrogen-bond acceptors (Lipinski definition) is 2. The van der Waals surface area contributed by atoms with Crippen LogP contribution >= 0.6 is 0 Å². The molecule has 1 heterocycles. The Hall–Kier alpha value is -0.800. The third-order valence-corrected chi connectivity index (χ3v) is 1.23. The summed E-state index contributed by atoms with van der Waals surface area (Å²) in [4.78, 5) is 2.83. The van der Waals surface area contributed by atoms with Crippen LogP contribution in [-0.4, -0.2) is 16.6 Å². The summed E-state index contributed by atoms with van der Waals surface area (Å²) in [5.74, 6) is 0. The molecule has 0 spiro atoms. The number of nitrogens with one attached hydrogen (secondary N) is 1. The number of aliphatic hydroxyl groups excluding tert-OH is 1. The molecular weight excluding hydrogens is 116 g/mol. The smallest absolute Gasteiger partial charge is 0.0926 e. The Labute approximate surface area is 53.5 Å². The number of nitrogens with two attached hydrogens (primary N) is 1. The highest BCUT2D eigenvalue weighted by Gasteiger charge is 2.02. The second kappa shape index (κ2) is 2.66. The first-order valence-corrected chi connectivity index (χ1v) is 2.85. The van der Waals surface area contributed by atoms with Crippen molar-refractivity contribution in [2.45, 2.75) is 6.10 Å². The quantitative estimate of drug-likeness (QED) is 0.522. The van der Waals surface area contributed by atoms with Gasteiger partial charge in [0.25, 0.3) is 0 Å². The molecule has 9 heavy (non-hydrogen) atoms. The molecule has 0 aliphatic heterocycles. The summed E-state index contributed by atoms with van der Waals surface area (Å²) in [6.07, 6.45) is 2.97. The van der Waals surface area contributed by atoms with Crippen molar-refractivity contribution >= 4 is 0 Å². The molecule has 1 aromatic heterocycles. The zero-order chi connectivity index (χ0) is 6.69. The largest absolute Gasteiger partial charge is 0.387 e. The molecule has 0 amide bonds. The highest BCUT2D eigenvalue weighted by molar-refractivity contribution is 5.11. The second-order valence-corrected chi connectivity index (χ2v) is 1.90. The van der Waals surface area contributed by atoms with Crippen LogP contribution in [0.15, 0.2) is 18.5 Å². The van der Waals surface area contributed by atoms with Crippen molar-refractivity contribution in [3.05, 3.63) is 24.0 Å². The van der Waals surface area contributed by atoms with Crippen molar-refractivity contribution in [3.63, 3.8) is 0 Å². The molecule has 1 rings (SSSR count). The highest BCUT2D eigenvalue weighted by Crippen LogP contribution is 2.07. The first-order chi connectivity index (χ1) is 4.34. The lowest BCUT2D eigenvalue weighted by molar-refractivity contribution is 0.187. The molecular formula is C6H10N2O. The van der Waals surface area contributed by atoms with Crippen LogP contribution in [0.4, 0.5) is 0 Å². The Morgan fingerprint density at radius 2 is 2.56 bits per heavy atom. The third-order valence-electron chi connectivity index (χ3n) is 1.23. The average molecular weight is 126 g/mol. The van der Waals surface area contributed by atoms with E-state index in [4.69, 9.17) is 10.8 Å². The lowest BCUT2D eigenvalue weighted by atomic mass is 10.2. The van der Waals surface area contributed by atoms with Gasteiger partial charge in [0.05, 0.1) is 6.10 Å². The topological polar surface area (TPSA) is 62.0 Å². The molecule has 1 aromatic rings. The lowest BCUT2D eigenvalue weighted by Crippen LogP contribution is -2.10. The van der Waals surface area contributed by atoms with Gasteiger partial charge in [-0.2, -0.15) is 0 Å². The van der Waals surface area contributed by atoms with E-state index in [1.165, 1.54) is 0 Å². The molecule has 0 aliphatic rings. The number of rotatable bonds is 2. The van der Waals surface area contributed by atoms with E-state index in [0.717, 1.165) is 5.56 Å². The number of hydrogen-bond donors (Lipinski definition) is 3. The Balaban J connectivity index is 2.65. The van der Waals surface area contributed by atoms with E-state index in [0.29, 0.717) is 0 Å². The van der Waals surface area contributed by atoms with Crippen LogP contribution in [0, 0.1) is 0 Å². The van der Waals surface area contributed by atoms with E-state index in [1.807, 2.05) is 0 Å². The minimum atomic E-state index is -0.517. The fourth-order valence-corrected chi connectivity index (χ4v) is 0.680. The minimum Gasteiger partial charge on any atom is -0.387 e. The Bertz CT molecular complexity index is 160. The molecule has 0 radical (unpaired) electrons. The van der Waals surface area contributed by atoms with Crippen molar-refractivity contribution < 1.29 is 5.11 Å². The van der Waals surface area contributed by atoms with Gasteiger partial charge in [-0.25, -0.2) is 0 Å². The first-order valence-electron chi connectivity index (χ1n) is 2.85. The van der Waals surface area contributed by atoms with E-state index < -0.39 is 6.10 Å². The summed E-state index contributed by atoms with van der Waals surface area (Å²) in [7, 11) is 0. The molecule has 0 aromatic carbocycles. The van der Waals surface area contributed by atoms with Crippen molar-refractivity contribution in [2.75, 3.05) is 6.54 Å². The number of H-pyrrole nitrogens is 1.